The third-order valence-corrected chi connectivity index (χ3v) is 4.82. The molecule has 1 N–H and O–H groups in total. The fourth-order valence-electron chi connectivity index (χ4n) is 2.62. The van der Waals surface area contributed by atoms with Crippen molar-refractivity contribution in [3.8, 4) is 0 Å². The molecule has 1 atom stereocenters. The predicted molar refractivity (Wildman–Crippen MR) is 99.0 cm³/mol. The van der Waals surface area contributed by atoms with Crippen LogP contribution in [0.5, 0.6) is 0 Å². The van der Waals surface area contributed by atoms with Gasteiger partial charge in [0.05, 0.1) is 4.90 Å². The molecule has 0 spiro atoms. The average Bonchev–Trinajstić information content (AvgIpc) is 2.55. The molecule has 1 unspecified atom stereocenters. The first-order valence-corrected chi connectivity index (χ1v) is 9.35. The molecule has 2 aromatic rings. The SMILES string of the molecule is CCN1c2ccccc2C=CC1C.Cc1ccc(S(=O)(=O)O)cc1. The highest BCUT2D eigenvalue weighted by atomic mass is 32.2. The van der Waals surface area contributed by atoms with Crippen LogP contribution in [0.25, 0.3) is 6.08 Å². The van der Waals surface area contributed by atoms with E-state index in [4.69, 9.17) is 4.55 Å². The van der Waals surface area contributed by atoms with Gasteiger partial charge in [0.2, 0.25) is 0 Å². The second kappa shape index (κ2) is 7.64. The summed E-state index contributed by atoms with van der Waals surface area (Å²) in [4.78, 5) is 2.35. The van der Waals surface area contributed by atoms with Gasteiger partial charge < -0.3 is 4.90 Å². The van der Waals surface area contributed by atoms with Gasteiger partial charge in [0.1, 0.15) is 0 Å². The summed E-state index contributed by atoms with van der Waals surface area (Å²) < 4.78 is 29.6. The lowest BCUT2D eigenvalue weighted by molar-refractivity contribution is 0.483. The smallest absolute Gasteiger partial charge is 0.294 e. The van der Waals surface area contributed by atoms with Crippen LogP contribution in [-0.2, 0) is 10.1 Å². The lowest BCUT2D eigenvalue weighted by Crippen LogP contribution is -2.33. The molecule has 0 saturated heterocycles. The third-order valence-electron chi connectivity index (χ3n) is 3.95. The second-order valence-electron chi connectivity index (χ2n) is 5.73. The molecule has 4 nitrogen and oxygen atoms in total. The van der Waals surface area contributed by atoms with Gasteiger partial charge in [-0.2, -0.15) is 8.42 Å². The van der Waals surface area contributed by atoms with E-state index in [2.05, 4.69) is 55.2 Å². The van der Waals surface area contributed by atoms with Crippen molar-refractivity contribution in [2.45, 2.75) is 31.7 Å². The van der Waals surface area contributed by atoms with E-state index in [1.807, 2.05) is 6.92 Å². The molecule has 128 valence electrons. The minimum Gasteiger partial charge on any atom is -0.365 e. The molecular weight excluding hydrogens is 322 g/mol. The van der Waals surface area contributed by atoms with Gasteiger partial charge in [-0.15, -0.1) is 0 Å². The van der Waals surface area contributed by atoms with Crippen LogP contribution in [0.2, 0.25) is 0 Å². The van der Waals surface area contributed by atoms with Crippen molar-refractivity contribution in [1.82, 2.24) is 0 Å². The summed E-state index contributed by atoms with van der Waals surface area (Å²) in [6.07, 6.45) is 4.47. The lowest BCUT2D eigenvalue weighted by atomic mass is 10.0. The summed E-state index contributed by atoms with van der Waals surface area (Å²) in [5.41, 5.74) is 3.65. The van der Waals surface area contributed by atoms with E-state index in [1.165, 1.54) is 23.4 Å². The van der Waals surface area contributed by atoms with Gasteiger partial charge in [0, 0.05) is 18.3 Å². The summed E-state index contributed by atoms with van der Waals surface area (Å²) in [5.74, 6) is 0. The molecule has 0 aliphatic carbocycles. The standard InChI is InChI=1S/C12H15N.C7H8O3S/c1-3-13-10(2)8-9-11-6-4-5-7-12(11)13;1-6-2-4-7(5-3-6)11(8,9)10/h4-10H,3H2,1-2H3;2-5H,1H3,(H,8,9,10). The monoisotopic (exact) mass is 345 g/mol. The number of para-hydroxylation sites is 1. The highest BCUT2D eigenvalue weighted by Gasteiger charge is 2.16. The Hall–Kier alpha value is -2.11. The maximum Gasteiger partial charge on any atom is 0.294 e. The number of hydrogen-bond donors (Lipinski definition) is 1. The molecular formula is C19H23NO3S. The van der Waals surface area contributed by atoms with Gasteiger partial charge in [0.25, 0.3) is 10.1 Å². The predicted octanol–water partition coefficient (Wildman–Crippen LogP) is 4.17. The first-order chi connectivity index (χ1) is 11.3. The van der Waals surface area contributed by atoms with E-state index in [0.717, 1.165) is 12.1 Å². The van der Waals surface area contributed by atoms with Crippen molar-refractivity contribution in [2.24, 2.45) is 0 Å². The topological polar surface area (TPSA) is 57.6 Å². The number of likely N-dealkylation sites (N-methyl/N-ethyl adjacent to an activating group) is 1. The number of anilines is 1. The molecule has 1 heterocycles. The first-order valence-electron chi connectivity index (χ1n) is 7.91. The van der Waals surface area contributed by atoms with Crippen LogP contribution in [0, 0.1) is 6.92 Å². The molecule has 0 saturated carbocycles. The van der Waals surface area contributed by atoms with Crippen LogP contribution in [-0.4, -0.2) is 25.6 Å². The maximum atomic E-state index is 10.5. The molecule has 24 heavy (non-hydrogen) atoms. The van der Waals surface area contributed by atoms with Crippen molar-refractivity contribution in [3.63, 3.8) is 0 Å². The van der Waals surface area contributed by atoms with Crippen molar-refractivity contribution in [1.29, 1.82) is 0 Å². The first kappa shape index (κ1) is 18.2. The van der Waals surface area contributed by atoms with E-state index in [9.17, 15) is 8.42 Å². The number of benzene rings is 2. The zero-order valence-electron chi connectivity index (χ0n) is 14.2. The van der Waals surface area contributed by atoms with Gasteiger partial charge in [0.15, 0.2) is 0 Å². The Morgan fingerprint density at radius 3 is 2.29 bits per heavy atom. The molecule has 1 aliphatic heterocycles. The molecule has 0 bridgehead atoms. The highest BCUT2D eigenvalue weighted by molar-refractivity contribution is 7.85. The molecule has 0 fully saturated rings. The molecule has 0 aromatic heterocycles. The number of rotatable bonds is 2. The second-order valence-corrected chi connectivity index (χ2v) is 7.15. The van der Waals surface area contributed by atoms with Crippen LogP contribution in [0.15, 0.2) is 59.5 Å². The molecule has 1 aliphatic rings. The van der Waals surface area contributed by atoms with Crippen LogP contribution < -0.4 is 4.90 Å². The van der Waals surface area contributed by atoms with E-state index in [-0.39, 0.29) is 4.90 Å². The van der Waals surface area contributed by atoms with Crippen LogP contribution >= 0.6 is 0 Å². The minimum atomic E-state index is -4.02. The Kier molecular flexibility index (Phi) is 5.80. The van der Waals surface area contributed by atoms with Crippen molar-refractivity contribution in [3.05, 3.63) is 65.7 Å². The molecule has 5 heteroatoms. The van der Waals surface area contributed by atoms with Gasteiger partial charge in [-0.05, 0) is 44.5 Å². The fourth-order valence-corrected chi connectivity index (χ4v) is 3.10. The van der Waals surface area contributed by atoms with Crippen LogP contribution in [0.3, 0.4) is 0 Å². The quantitative estimate of drug-likeness (QED) is 0.830. The van der Waals surface area contributed by atoms with E-state index in [1.54, 1.807) is 12.1 Å². The maximum absolute atomic E-state index is 10.5. The van der Waals surface area contributed by atoms with Gasteiger partial charge in [-0.25, -0.2) is 0 Å². The van der Waals surface area contributed by atoms with Crippen LogP contribution in [0.1, 0.15) is 25.0 Å². The zero-order valence-corrected chi connectivity index (χ0v) is 15.0. The van der Waals surface area contributed by atoms with E-state index in [0.29, 0.717) is 6.04 Å². The van der Waals surface area contributed by atoms with Gasteiger partial charge in [-0.1, -0.05) is 48.0 Å². The molecule has 3 rings (SSSR count). The van der Waals surface area contributed by atoms with E-state index >= 15 is 0 Å². The normalized spacial score (nSPS) is 16.2. The Morgan fingerprint density at radius 1 is 1.08 bits per heavy atom. The van der Waals surface area contributed by atoms with Crippen molar-refractivity contribution >= 4 is 21.9 Å². The van der Waals surface area contributed by atoms with Crippen molar-refractivity contribution in [2.75, 3.05) is 11.4 Å². The number of aryl methyl sites for hydroxylation is 1. The third kappa shape index (κ3) is 4.46. The summed E-state index contributed by atoms with van der Waals surface area (Å²) in [6, 6.07) is 15.1. The zero-order chi connectivity index (χ0) is 17.7. The fraction of sp³-hybridized carbons (Fsp3) is 0.263. The number of hydrogen-bond acceptors (Lipinski definition) is 3. The number of fused-ring (bicyclic) bond motifs is 1. The summed E-state index contributed by atoms with van der Waals surface area (Å²) in [7, 11) is -4.02. The average molecular weight is 345 g/mol. The van der Waals surface area contributed by atoms with Crippen LogP contribution in [0.4, 0.5) is 5.69 Å². The van der Waals surface area contributed by atoms with Gasteiger partial charge in [-0.3, -0.25) is 4.55 Å². The minimum absolute atomic E-state index is 0.0666. The Morgan fingerprint density at radius 2 is 1.71 bits per heavy atom. The Balaban J connectivity index is 0.000000177. The summed E-state index contributed by atoms with van der Waals surface area (Å²) >= 11 is 0. The highest BCUT2D eigenvalue weighted by Crippen LogP contribution is 2.27. The Bertz CT molecular complexity index is 811. The largest absolute Gasteiger partial charge is 0.365 e. The van der Waals surface area contributed by atoms with E-state index < -0.39 is 10.1 Å². The Labute approximate surface area is 144 Å². The van der Waals surface area contributed by atoms with Crippen molar-refractivity contribution < 1.29 is 13.0 Å². The lowest BCUT2D eigenvalue weighted by Gasteiger charge is -2.32. The summed E-state index contributed by atoms with van der Waals surface area (Å²) in [5, 5.41) is 0. The molecule has 0 radical (unpaired) electrons. The van der Waals surface area contributed by atoms with Gasteiger partial charge >= 0.3 is 0 Å². The summed E-state index contributed by atoms with van der Waals surface area (Å²) in [6.45, 7) is 7.35. The molecule has 0 amide bonds. The number of nitrogens with zero attached hydrogens (tertiary/aromatic N) is 1. The molecule has 2 aromatic carbocycles.